The van der Waals surface area contributed by atoms with Crippen LogP contribution < -0.4 is 10.1 Å². The summed E-state index contributed by atoms with van der Waals surface area (Å²) in [6.45, 7) is 0.230. The first-order chi connectivity index (χ1) is 17.5. The molecule has 0 saturated carbocycles. The predicted octanol–water partition coefficient (Wildman–Crippen LogP) is 4.45. The van der Waals surface area contributed by atoms with Crippen LogP contribution >= 0.6 is 0 Å². The van der Waals surface area contributed by atoms with Gasteiger partial charge in [0.15, 0.2) is 0 Å². The Bertz CT molecular complexity index is 1410. The zero-order valence-corrected chi connectivity index (χ0v) is 19.7. The molecule has 5 rings (SSSR count). The van der Waals surface area contributed by atoms with E-state index in [2.05, 4.69) is 5.32 Å². The van der Waals surface area contributed by atoms with Gasteiger partial charge in [0.1, 0.15) is 11.4 Å². The number of likely N-dealkylation sites (tertiary alicyclic amines) is 1. The first-order valence-corrected chi connectivity index (χ1v) is 11.6. The number of hydrogen-bond donors (Lipinski definition) is 1. The SMILES string of the molecule is COc1ccccc1-c1nn(-c2ccccc2)cc1C(=O)Nc1ccc(CN2C(=O)CCC2=O)cc1. The van der Waals surface area contributed by atoms with Crippen LogP contribution in [0, 0.1) is 0 Å². The number of carbonyl (C=O) groups excluding carboxylic acids is 3. The molecular weight excluding hydrogens is 456 g/mol. The predicted molar refractivity (Wildman–Crippen MR) is 135 cm³/mol. The minimum absolute atomic E-state index is 0.156. The van der Waals surface area contributed by atoms with Crippen LogP contribution in [0.1, 0.15) is 28.8 Å². The minimum atomic E-state index is -0.323. The fraction of sp³-hybridized carbons (Fsp3) is 0.143. The summed E-state index contributed by atoms with van der Waals surface area (Å²) in [6.07, 6.45) is 2.22. The molecule has 3 aromatic carbocycles. The third kappa shape index (κ3) is 4.61. The van der Waals surface area contributed by atoms with Gasteiger partial charge >= 0.3 is 0 Å². The molecular formula is C28H24N4O4. The molecule has 0 unspecified atom stereocenters. The molecule has 0 aliphatic carbocycles. The second-order valence-corrected chi connectivity index (χ2v) is 8.40. The summed E-state index contributed by atoms with van der Waals surface area (Å²) in [5.41, 5.74) is 3.81. The number of aromatic nitrogens is 2. The van der Waals surface area contributed by atoms with E-state index in [1.165, 1.54) is 4.90 Å². The van der Waals surface area contributed by atoms with Crippen LogP contribution in [-0.4, -0.2) is 39.5 Å². The molecule has 4 aromatic rings. The Hall–Kier alpha value is -4.72. The molecule has 1 aromatic heterocycles. The van der Waals surface area contributed by atoms with Gasteiger partial charge in [0.25, 0.3) is 5.91 Å². The fourth-order valence-electron chi connectivity index (χ4n) is 4.17. The lowest BCUT2D eigenvalue weighted by atomic mass is 10.1. The quantitative estimate of drug-likeness (QED) is 0.395. The van der Waals surface area contributed by atoms with Crippen molar-refractivity contribution in [1.29, 1.82) is 0 Å². The van der Waals surface area contributed by atoms with E-state index < -0.39 is 0 Å². The summed E-state index contributed by atoms with van der Waals surface area (Å²) in [4.78, 5) is 38.4. The molecule has 180 valence electrons. The van der Waals surface area contributed by atoms with Gasteiger partial charge in [-0.05, 0) is 42.0 Å². The number of anilines is 1. The Morgan fingerprint density at radius 3 is 2.28 bits per heavy atom. The lowest BCUT2D eigenvalue weighted by Gasteiger charge is -2.14. The van der Waals surface area contributed by atoms with Gasteiger partial charge < -0.3 is 10.1 Å². The van der Waals surface area contributed by atoms with Gasteiger partial charge in [-0.3, -0.25) is 19.3 Å². The highest BCUT2D eigenvalue weighted by atomic mass is 16.5. The third-order valence-electron chi connectivity index (χ3n) is 6.05. The smallest absolute Gasteiger partial charge is 0.259 e. The van der Waals surface area contributed by atoms with Crippen molar-refractivity contribution in [2.45, 2.75) is 19.4 Å². The summed E-state index contributed by atoms with van der Waals surface area (Å²) in [6, 6.07) is 24.1. The molecule has 8 heteroatoms. The van der Waals surface area contributed by atoms with Gasteiger partial charge in [-0.2, -0.15) is 5.10 Å². The molecule has 0 bridgehead atoms. The van der Waals surface area contributed by atoms with Crippen LogP contribution in [0.25, 0.3) is 16.9 Å². The van der Waals surface area contributed by atoms with E-state index in [0.717, 1.165) is 11.3 Å². The third-order valence-corrected chi connectivity index (χ3v) is 6.05. The zero-order valence-electron chi connectivity index (χ0n) is 19.7. The van der Waals surface area contributed by atoms with E-state index in [0.29, 0.717) is 28.3 Å². The molecule has 0 spiro atoms. The van der Waals surface area contributed by atoms with Crippen molar-refractivity contribution in [1.82, 2.24) is 14.7 Å². The maximum atomic E-state index is 13.4. The molecule has 1 aliphatic rings. The standard InChI is InChI=1S/C28H24N4O4/c1-36-24-10-6-5-9-22(24)27-23(18-32(30-27)21-7-3-2-4-8-21)28(35)29-20-13-11-19(12-14-20)17-31-25(33)15-16-26(31)34/h2-14,18H,15-17H2,1H3,(H,29,35). The van der Waals surface area contributed by atoms with Crippen LogP contribution in [0.15, 0.2) is 85.1 Å². The fourth-order valence-corrected chi connectivity index (χ4v) is 4.17. The van der Waals surface area contributed by atoms with Gasteiger partial charge in [-0.25, -0.2) is 4.68 Å². The summed E-state index contributed by atoms with van der Waals surface area (Å²) in [5, 5.41) is 7.64. The Morgan fingerprint density at radius 1 is 0.917 bits per heavy atom. The van der Waals surface area contributed by atoms with E-state index in [1.807, 2.05) is 54.6 Å². The Kier molecular flexibility index (Phi) is 6.32. The first kappa shape index (κ1) is 23.0. The molecule has 0 atom stereocenters. The molecule has 0 radical (unpaired) electrons. The zero-order chi connectivity index (χ0) is 25.1. The van der Waals surface area contributed by atoms with Crippen LogP contribution in [0.4, 0.5) is 5.69 Å². The summed E-state index contributed by atoms with van der Waals surface area (Å²) in [5.74, 6) is -0.0238. The van der Waals surface area contributed by atoms with Crippen molar-refractivity contribution in [3.05, 3.63) is 96.2 Å². The molecule has 1 N–H and O–H groups in total. The number of nitrogens with one attached hydrogen (secondary N) is 1. The highest BCUT2D eigenvalue weighted by molar-refractivity contribution is 6.08. The maximum absolute atomic E-state index is 13.4. The van der Waals surface area contributed by atoms with Crippen molar-refractivity contribution in [2.75, 3.05) is 12.4 Å². The number of nitrogens with zero attached hydrogens (tertiary/aromatic N) is 3. The highest BCUT2D eigenvalue weighted by Gasteiger charge is 2.28. The number of benzene rings is 3. The molecule has 1 saturated heterocycles. The van der Waals surface area contributed by atoms with Crippen LogP contribution in [0.3, 0.4) is 0 Å². The van der Waals surface area contributed by atoms with Gasteiger partial charge in [0.2, 0.25) is 11.8 Å². The number of methoxy groups -OCH3 is 1. The van der Waals surface area contributed by atoms with Gasteiger partial charge in [0, 0.05) is 30.3 Å². The van der Waals surface area contributed by atoms with Crippen molar-refractivity contribution < 1.29 is 19.1 Å². The molecule has 8 nitrogen and oxygen atoms in total. The second kappa shape index (κ2) is 9.87. The van der Waals surface area contributed by atoms with Gasteiger partial charge in [-0.1, -0.05) is 42.5 Å². The van der Waals surface area contributed by atoms with Crippen LogP contribution in [0.5, 0.6) is 5.75 Å². The van der Waals surface area contributed by atoms with E-state index >= 15 is 0 Å². The van der Waals surface area contributed by atoms with Crippen molar-refractivity contribution >= 4 is 23.4 Å². The minimum Gasteiger partial charge on any atom is -0.496 e. The van der Waals surface area contributed by atoms with E-state index in [4.69, 9.17) is 9.84 Å². The first-order valence-electron chi connectivity index (χ1n) is 11.6. The van der Waals surface area contributed by atoms with Crippen LogP contribution in [0.2, 0.25) is 0 Å². The lowest BCUT2D eigenvalue weighted by Crippen LogP contribution is -2.28. The average Bonchev–Trinajstić information content (AvgIpc) is 3.50. The number of hydrogen-bond acceptors (Lipinski definition) is 5. The lowest BCUT2D eigenvalue weighted by molar-refractivity contribution is -0.139. The summed E-state index contributed by atoms with van der Waals surface area (Å²) >= 11 is 0. The van der Waals surface area contributed by atoms with Gasteiger partial charge in [0.05, 0.1) is 24.9 Å². The van der Waals surface area contributed by atoms with E-state index in [-0.39, 0.29) is 37.1 Å². The molecule has 36 heavy (non-hydrogen) atoms. The molecule has 1 fully saturated rings. The van der Waals surface area contributed by atoms with E-state index in [9.17, 15) is 14.4 Å². The molecule has 1 aliphatic heterocycles. The van der Waals surface area contributed by atoms with E-state index in [1.54, 1.807) is 42.3 Å². The van der Waals surface area contributed by atoms with Gasteiger partial charge in [-0.15, -0.1) is 0 Å². The van der Waals surface area contributed by atoms with Crippen molar-refractivity contribution in [3.63, 3.8) is 0 Å². The Balaban J connectivity index is 1.42. The topological polar surface area (TPSA) is 93.5 Å². The van der Waals surface area contributed by atoms with Crippen molar-refractivity contribution in [3.8, 4) is 22.7 Å². The normalized spacial score (nSPS) is 13.2. The number of ether oxygens (including phenoxy) is 1. The highest BCUT2D eigenvalue weighted by Crippen LogP contribution is 2.32. The number of amides is 3. The molecule has 3 amide bonds. The van der Waals surface area contributed by atoms with Crippen LogP contribution in [-0.2, 0) is 16.1 Å². The van der Waals surface area contributed by atoms with Crippen molar-refractivity contribution in [2.24, 2.45) is 0 Å². The Morgan fingerprint density at radius 2 is 1.58 bits per heavy atom. The molecule has 2 heterocycles. The monoisotopic (exact) mass is 480 g/mol. The summed E-state index contributed by atoms with van der Waals surface area (Å²) in [7, 11) is 1.58. The summed E-state index contributed by atoms with van der Waals surface area (Å²) < 4.78 is 7.19. The number of carbonyl (C=O) groups is 3. The average molecular weight is 481 g/mol. The number of rotatable bonds is 7. The Labute approximate surface area is 208 Å². The maximum Gasteiger partial charge on any atom is 0.259 e. The number of para-hydroxylation sites is 2. The largest absolute Gasteiger partial charge is 0.496 e. The number of imide groups is 1. The second-order valence-electron chi connectivity index (χ2n) is 8.40.